The van der Waals surface area contributed by atoms with Crippen LogP contribution in [-0.4, -0.2) is 61.1 Å². The molecule has 0 aliphatic carbocycles. The van der Waals surface area contributed by atoms with Gasteiger partial charge in [-0.25, -0.2) is 4.79 Å². The molecule has 2 amide bonds. The molecule has 0 saturated carbocycles. The summed E-state index contributed by atoms with van der Waals surface area (Å²) in [6, 6.07) is 3.91. The number of carbonyl (C=O) groups excluding carboxylic acids is 2. The van der Waals surface area contributed by atoms with Gasteiger partial charge in [-0.3, -0.25) is 9.69 Å². The standard InChI is InChI=1S/C21H25F6N3O4/c1-3-29(13-6-12-28)18(32)30(14-5-4-7-17(31)34-2)16-10-8-15(9-11-16)19(33,20(22,23)24)21(25,26)27/h8-11,33H,3-7,13-14H2,1-2H3. The van der Waals surface area contributed by atoms with Crippen LogP contribution in [0.4, 0.5) is 36.8 Å². The van der Waals surface area contributed by atoms with Crippen molar-refractivity contribution in [3.8, 4) is 6.07 Å². The highest BCUT2D eigenvalue weighted by atomic mass is 19.4. The Morgan fingerprint density at radius 3 is 2.03 bits per heavy atom. The van der Waals surface area contributed by atoms with Gasteiger partial charge in [-0.15, -0.1) is 0 Å². The number of ether oxygens (including phenoxy) is 1. The van der Waals surface area contributed by atoms with Crippen molar-refractivity contribution in [1.82, 2.24) is 4.90 Å². The van der Waals surface area contributed by atoms with Crippen LogP contribution >= 0.6 is 0 Å². The van der Waals surface area contributed by atoms with Gasteiger partial charge in [0, 0.05) is 37.3 Å². The van der Waals surface area contributed by atoms with E-state index in [2.05, 4.69) is 4.74 Å². The van der Waals surface area contributed by atoms with E-state index in [1.807, 2.05) is 6.07 Å². The maximum atomic E-state index is 13.1. The second-order valence-electron chi connectivity index (χ2n) is 7.21. The van der Waals surface area contributed by atoms with Gasteiger partial charge < -0.3 is 14.7 Å². The Bertz CT molecular complexity index is 851. The minimum atomic E-state index is -6.04. The summed E-state index contributed by atoms with van der Waals surface area (Å²) in [6.07, 6.45) is -11.4. The summed E-state index contributed by atoms with van der Waals surface area (Å²) in [6.45, 7) is 1.88. The lowest BCUT2D eigenvalue weighted by Gasteiger charge is -2.33. The fourth-order valence-corrected chi connectivity index (χ4v) is 3.09. The van der Waals surface area contributed by atoms with E-state index in [1.54, 1.807) is 6.92 Å². The van der Waals surface area contributed by atoms with Crippen molar-refractivity contribution in [2.24, 2.45) is 0 Å². The van der Waals surface area contributed by atoms with Crippen LogP contribution in [0.2, 0.25) is 0 Å². The molecule has 0 bridgehead atoms. The Morgan fingerprint density at radius 1 is 1.03 bits per heavy atom. The number of methoxy groups -OCH3 is 1. The molecule has 1 rings (SSSR count). The van der Waals surface area contributed by atoms with Crippen LogP contribution in [0.3, 0.4) is 0 Å². The highest BCUT2D eigenvalue weighted by Gasteiger charge is 2.71. The van der Waals surface area contributed by atoms with Gasteiger partial charge in [0.05, 0.1) is 19.6 Å². The number of nitriles is 1. The van der Waals surface area contributed by atoms with E-state index in [9.17, 15) is 41.0 Å². The minimum absolute atomic E-state index is 0.0128. The van der Waals surface area contributed by atoms with Gasteiger partial charge in [-0.1, -0.05) is 12.1 Å². The Hall–Kier alpha value is -3.01. The van der Waals surface area contributed by atoms with Gasteiger partial charge >= 0.3 is 24.4 Å². The lowest BCUT2D eigenvalue weighted by Crippen LogP contribution is -2.53. The molecule has 0 aliphatic rings. The minimum Gasteiger partial charge on any atom is -0.469 e. The first-order valence-corrected chi connectivity index (χ1v) is 10.2. The summed E-state index contributed by atoms with van der Waals surface area (Å²) in [5.74, 6) is -0.481. The first kappa shape index (κ1) is 29.0. The molecule has 0 unspecified atom stereocenters. The zero-order valence-electron chi connectivity index (χ0n) is 18.5. The summed E-state index contributed by atoms with van der Waals surface area (Å²) < 4.78 is 83.4. The third-order valence-corrected chi connectivity index (χ3v) is 5.03. The fourth-order valence-electron chi connectivity index (χ4n) is 3.09. The van der Waals surface area contributed by atoms with E-state index in [0.717, 1.165) is 17.0 Å². The number of hydrogen-bond acceptors (Lipinski definition) is 5. The lowest BCUT2D eigenvalue weighted by molar-refractivity contribution is -0.376. The number of aliphatic hydroxyl groups is 1. The maximum Gasteiger partial charge on any atom is 0.430 e. The Kier molecular flexibility index (Phi) is 10.2. The third-order valence-electron chi connectivity index (χ3n) is 5.03. The zero-order valence-corrected chi connectivity index (χ0v) is 18.5. The van der Waals surface area contributed by atoms with Crippen LogP contribution in [0.15, 0.2) is 24.3 Å². The normalized spacial score (nSPS) is 12.1. The predicted molar refractivity (Wildman–Crippen MR) is 109 cm³/mol. The molecule has 1 aromatic carbocycles. The van der Waals surface area contributed by atoms with Gasteiger partial charge in [-0.2, -0.15) is 31.6 Å². The quantitative estimate of drug-likeness (QED) is 0.292. The molecule has 0 radical (unpaired) electrons. The lowest BCUT2D eigenvalue weighted by atomic mass is 9.92. The number of unbranched alkanes of at least 4 members (excludes halogenated alkanes) is 1. The van der Waals surface area contributed by atoms with Crippen molar-refractivity contribution in [2.75, 3.05) is 31.6 Å². The molecule has 13 heteroatoms. The first-order chi connectivity index (χ1) is 15.7. The van der Waals surface area contributed by atoms with Crippen molar-refractivity contribution in [1.29, 1.82) is 5.26 Å². The number of benzene rings is 1. The van der Waals surface area contributed by atoms with Crippen LogP contribution in [0, 0.1) is 11.3 Å². The van der Waals surface area contributed by atoms with Crippen LogP contribution in [0.25, 0.3) is 0 Å². The number of hydrogen-bond donors (Lipinski definition) is 1. The van der Waals surface area contributed by atoms with E-state index < -0.39 is 35.5 Å². The number of urea groups is 1. The van der Waals surface area contributed by atoms with Gasteiger partial charge in [0.25, 0.3) is 5.60 Å². The molecular weight excluding hydrogens is 472 g/mol. The average molecular weight is 497 g/mol. The number of nitrogens with zero attached hydrogens (tertiary/aromatic N) is 3. The molecule has 34 heavy (non-hydrogen) atoms. The van der Waals surface area contributed by atoms with E-state index in [4.69, 9.17) is 5.26 Å². The number of esters is 1. The van der Waals surface area contributed by atoms with Gasteiger partial charge in [0.1, 0.15) is 0 Å². The van der Waals surface area contributed by atoms with E-state index >= 15 is 0 Å². The molecule has 1 aromatic rings. The molecule has 0 aromatic heterocycles. The number of carbonyl (C=O) groups is 2. The van der Waals surface area contributed by atoms with Gasteiger partial charge in [0.15, 0.2) is 0 Å². The number of anilines is 1. The second kappa shape index (κ2) is 11.9. The average Bonchev–Trinajstić information content (AvgIpc) is 2.77. The predicted octanol–water partition coefficient (Wildman–Crippen LogP) is 4.50. The molecule has 190 valence electrons. The Balaban J connectivity index is 3.29. The van der Waals surface area contributed by atoms with Gasteiger partial charge in [0.2, 0.25) is 0 Å². The van der Waals surface area contributed by atoms with Crippen molar-refractivity contribution in [3.05, 3.63) is 29.8 Å². The van der Waals surface area contributed by atoms with Gasteiger partial charge in [-0.05, 0) is 31.9 Å². The smallest absolute Gasteiger partial charge is 0.430 e. The molecule has 7 nitrogen and oxygen atoms in total. The largest absolute Gasteiger partial charge is 0.469 e. The topological polar surface area (TPSA) is 93.9 Å². The summed E-state index contributed by atoms with van der Waals surface area (Å²) in [5, 5.41) is 18.3. The molecule has 0 heterocycles. The summed E-state index contributed by atoms with van der Waals surface area (Å²) in [5.41, 5.74) is -6.56. The second-order valence-corrected chi connectivity index (χ2v) is 7.21. The highest BCUT2D eigenvalue weighted by Crippen LogP contribution is 2.50. The third kappa shape index (κ3) is 6.75. The highest BCUT2D eigenvalue weighted by molar-refractivity contribution is 5.92. The molecule has 1 N–H and O–H groups in total. The Labute approximate surface area is 192 Å². The monoisotopic (exact) mass is 497 g/mol. The maximum absolute atomic E-state index is 13.1. The van der Waals surface area contributed by atoms with Crippen molar-refractivity contribution < 1.29 is 45.8 Å². The number of rotatable bonds is 10. The SMILES string of the molecule is CCN(CCC#N)C(=O)N(CCCCC(=O)OC)c1ccc(C(O)(C(F)(F)F)C(F)(F)F)cc1. The summed E-state index contributed by atoms with van der Waals surface area (Å²) >= 11 is 0. The molecule has 0 fully saturated rings. The van der Waals surface area contributed by atoms with Crippen LogP contribution < -0.4 is 4.90 Å². The van der Waals surface area contributed by atoms with E-state index in [-0.39, 0.29) is 44.6 Å². The van der Waals surface area contributed by atoms with Crippen molar-refractivity contribution >= 4 is 17.7 Å². The fraction of sp³-hybridized carbons (Fsp3) is 0.571. The van der Waals surface area contributed by atoms with Crippen molar-refractivity contribution in [2.45, 2.75) is 50.6 Å². The number of alkyl halides is 6. The molecule has 0 spiro atoms. The van der Waals surface area contributed by atoms with E-state index in [1.165, 1.54) is 12.0 Å². The van der Waals surface area contributed by atoms with Crippen molar-refractivity contribution in [3.63, 3.8) is 0 Å². The molecule has 0 saturated heterocycles. The Morgan fingerprint density at radius 2 is 1.59 bits per heavy atom. The molecular formula is C21H25F6N3O4. The summed E-state index contributed by atoms with van der Waals surface area (Å²) in [4.78, 5) is 26.7. The van der Waals surface area contributed by atoms with Crippen LogP contribution in [0.5, 0.6) is 0 Å². The van der Waals surface area contributed by atoms with Crippen LogP contribution in [-0.2, 0) is 15.1 Å². The summed E-state index contributed by atoms with van der Waals surface area (Å²) in [7, 11) is 1.21. The number of halogens is 6. The van der Waals surface area contributed by atoms with E-state index in [0.29, 0.717) is 18.6 Å². The number of amides is 2. The first-order valence-electron chi connectivity index (χ1n) is 10.2. The molecule has 0 atom stereocenters. The zero-order chi connectivity index (χ0) is 26.2. The molecule has 0 aliphatic heterocycles. The van der Waals surface area contributed by atoms with Crippen LogP contribution in [0.1, 0.15) is 38.2 Å².